The summed E-state index contributed by atoms with van der Waals surface area (Å²) in [6.45, 7) is 2.01. The summed E-state index contributed by atoms with van der Waals surface area (Å²) in [6, 6.07) is 4.46. The smallest absolute Gasteiger partial charge is 0.325 e. The number of unbranched alkanes of at least 4 members (excludes halogenated alkanes) is 1. The van der Waals surface area contributed by atoms with Gasteiger partial charge in [0.1, 0.15) is 0 Å². The van der Waals surface area contributed by atoms with E-state index in [2.05, 4.69) is 12.1 Å². The predicted octanol–water partition coefficient (Wildman–Crippen LogP) is 5.65. The van der Waals surface area contributed by atoms with Crippen molar-refractivity contribution in [1.29, 1.82) is 0 Å². The first-order valence-corrected chi connectivity index (χ1v) is 13.3. The molecule has 1 aromatic heterocycles. The van der Waals surface area contributed by atoms with Gasteiger partial charge in [-0.1, -0.05) is 51.9 Å². The van der Waals surface area contributed by atoms with E-state index in [0.29, 0.717) is 6.42 Å². The molecule has 2 rings (SSSR count). The number of aryl methyl sites for hydroxylation is 2. The maximum Gasteiger partial charge on any atom is 0.325 e. The molecule has 0 bridgehead atoms. The Morgan fingerprint density at radius 2 is 1.78 bits per heavy atom. The van der Waals surface area contributed by atoms with Crippen LogP contribution in [0.2, 0.25) is 0 Å². The molecule has 0 amide bonds. The van der Waals surface area contributed by atoms with Crippen LogP contribution in [0.3, 0.4) is 0 Å². The Hall–Kier alpha value is -0.190. The normalized spacial score (nSPS) is 18.5. The van der Waals surface area contributed by atoms with Gasteiger partial charge in [0, 0.05) is 15.3 Å². The number of hydrogen-bond donors (Lipinski definition) is 3. The van der Waals surface area contributed by atoms with E-state index in [9.17, 15) is 4.57 Å². The third-order valence-corrected chi connectivity index (χ3v) is 8.21. The zero-order valence-corrected chi connectivity index (χ0v) is 18.6. The van der Waals surface area contributed by atoms with Crippen LogP contribution < -0.4 is 5.73 Å². The average Bonchev–Trinajstić information content (AvgIpc) is 3.10. The first-order valence-electron chi connectivity index (χ1n) is 10.7. The van der Waals surface area contributed by atoms with E-state index in [1.54, 1.807) is 0 Å². The second kappa shape index (κ2) is 11.1. The second-order valence-corrected chi connectivity index (χ2v) is 11.5. The largest absolute Gasteiger partial charge is 0.325 e. The highest BCUT2D eigenvalue weighted by atomic mass is 32.1. The van der Waals surface area contributed by atoms with Gasteiger partial charge in [0.15, 0.2) is 0 Å². The molecular formula is C21H38NO3PS. The number of nitrogens with two attached hydrogens (primary N) is 1. The Kier molecular flexibility index (Phi) is 9.50. The molecule has 0 aliphatic heterocycles. The van der Waals surface area contributed by atoms with Crippen molar-refractivity contribution in [2.75, 3.05) is 6.16 Å². The van der Waals surface area contributed by atoms with Crippen molar-refractivity contribution >= 4 is 18.9 Å². The standard InChI is InChI=1S/C21H38NO3PS/c1-2-21(22,16-17-26(23,24)25)15-14-20-13-12-19(27-20)11-7-6-10-18-8-4-3-5-9-18/h12-13,18H,2-11,14-17,22H2,1H3,(H2,23,24,25). The first-order chi connectivity index (χ1) is 12.8. The van der Waals surface area contributed by atoms with Gasteiger partial charge in [0.25, 0.3) is 0 Å². The maximum atomic E-state index is 11.1. The molecule has 156 valence electrons. The topological polar surface area (TPSA) is 83.6 Å². The molecule has 0 radical (unpaired) electrons. The van der Waals surface area contributed by atoms with Crippen LogP contribution in [0.1, 0.15) is 87.3 Å². The van der Waals surface area contributed by atoms with Crippen LogP contribution in [-0.2, 0) is 17.4 Å². The Labute approximate surface area is 169 Å². The summed E-state index contributed by atoms with van der Waals surface area (Å²) in [5.74, 6) is 0.984. The van der Waals surface area contributed by atoms with Gasteiger partial charge in [-0.2, -0.15) is 0 Å². The molecule has 1 aliphatic rings. The summed E-state index contributed by atoms with van der Waals surface area (Å²) >= 11 is 1.88. The van der Waals surface area contributed by atoms with Crippen molar-refractivity contribution in [3.63, 3.8) is 0 Å². The van der Waals surface area contributed by atoms with Crippen LogP contribution in [0.4, 0.5) is 0 Å². The fraction of sp³-hybridized carbons (Fsp3) is 0.810. The van der Waals surface area contributed by atoms with E-state index in [1.165, 1.54) is 67.5 Å². The van der Waals surface area contributed by atoms with E-state index >= 15 is 0 Å². The quantitative estimate of drug-likeness (QED) is 0.304. The second-order valence-electron chi connectivity index (χ2n) is 8.47. The van der Waals surface area contributed by atoms with Gasteiger partial charge < -0.3 is 15.5 Å². The molecule has 1 fully saturated rings. The molecule has 1 atom stereocenters. The monoisotopic (exact) mass is 415 g/mol. The number of hydrogen-bond acceptors (Lipinski definition) is 3. The number of rotatable bonds is 12. The minimum atomic E-state index is -3.97. The third-order valence-electron chi connectivity index (χ3n) is 6.20. The summed E-state index contributed by atoms with van der Waals surface area (Å²) < 4.78 is 11.1. The Morgan fingerprint density at radius 3 is 2.41 bits per heavy atom. The molecule has 1 saturated carbocycles. The minimum absolute atomic E-state index is 0.117. The summed E-state index contributed by atoms with van der Waals surface area (Å²) in [6.07, 6.45) is 15.1. The maximum absolute atomic E-state index is 11.1. The van der Waals surface area contributed by atoms with Crippen LogP contribution in [-0.4, -0.2) is 21.5 Å². The van der Waals surface area contributed by atoms with Gasteiger partial charge in [0.05, 0.1) is 6.16 Å². The highest BCUT2D eigenvalue weighted by Gasteiger charge is 2.26. The van der Waals surface area contributed by atoms with Crippen molar-refractivity contribution in [2.45, 2.75) is 95.9 Å². The van der Waals surface area contributed by atoms with Gasteiger partial charge in [-0.25, -0.2) is 0 Å². The summed E-state index contributed by atoms with van der Waals surface area (Å²) in [7, 11) is -3.97. The lowest BCUT2D eigenvalue weighted by molar-refractivity contribution is 0.330. The Bertz CT molecular complexity index is 594. The molecule has 0 aromatic carbocycles. The SMILES string of the molecule is CCC(N)(CCc1ccc(CCCCC2CCCCC2)s1)CCP(=O)(O)O. The molecule has 27 heavy (non-hydrogen) atoms. The van der Waals surface area contributed by atoms with E-state index in [1.807, 2.05) is 18.3 Å². The molecule has 1 aromatic rings. The Balaban J connectivity index is 1.68. The van der Waals surface area contributed by atoms with Gasteiger partial charge in [-0.15, -0.1) is 11.3 Å². The van der Waals surface area contributed by atoms with Crippen LogP contribution in [0.25, 0.3) is 0 Å². The molecule has 6 heteroatoms. The van der Waals surface area contributed by atoms with Crippen LogP contribution in [0.15, 0.2) is 12.1 Å². The third kappa shape index (κ3) is 9.23. The van der Waals surface area contributed by atoms with Crippen molar-refractivity contribution in [3.8, 4) is 0 Å². The van der Waals surface area contributed by atoms with Crippen molar-refractivity contribution < 1.29 is 14.4 Å². The van der Waals surface area contributed by atoms with Crippen LogP contribution in [0, 0.1) is 5.92 Å². The number of thiophene rings is 1. The lowest BCUT2D eigenvalue weighted by Gasteiger charge is -2.28. The summed E-state index contributed by atoms with van der Waals surface area (Å²) in [4.78, 5) is 21.0. The van der Waals surface area contributed by atoms with Crippen LogP contribution in [0.5, 0.6) is 0 Å². The molecule has 0 saturated heterocycles. The van der Waals surface area contributed by atoms with Gasteiger partial charge in [-0.05, 0) is 56.6 Å². The minimum Gasteiger partial charge on any atom is -0.325 e. The zero-order valence-electron chi connectivity index (χ0n) is 16.9. The van der Waals surface area contributed by atoms with E-state index < -0.39 is 13.1 Å². The molecule has 4 nitrogen and oxygen atoms in total. The van der Waals surface area contributed by atoms with E-state index in [4.69, 9.17) is 15.5 Å². The zero-order chi connectivity index (χ0) is 19.8. The molecule has 1 aliphatic carbocycles. The van der Waals surface area contributed by atoms with E-state index in [-0.39, 0.29) is 6.16 Å². The average molecular weight is 416 g/mol. The Morgan fingerprint density at radius 1 is 1.11 bits per heavy atom. The van der Waals surface area contributed by atoms with Crippen molar-refractivity contribution in [2.24, 2.45) is 11.7 Å². The van der Waals surface area contributed by atoms with Crippen molar-refractivity contribution in [1.82, 2.24) is 0 Å². The van der Waals surface area contributed by atoms with Gasteiger partial charge in [0.2, 0.25) is 0 Å². The summed E-state index contributed by atoms with van der Waals surface area (Å²) in [5, 5.41) is 0. The lowest BCUT2D eigenvalue weighted by Crippen LogP contribution is -2.40. The first kappa shape index (κ1) is 23.1. The van der Waals surface area contributed by atoms with Crippen molar-refractivity contribution in [3.05, 3.63) is 21.9 Å². The van der Waals surface area contributed by atoms with E-state index in [0.717, 1.165) is 25.2 Å². The molecular weight excluding hydrogens is 377 g/mol. The van der Waals surface area contributed by atoms with Gasteiger partial charge in [-0.3, -0.25) is 4.57 Å². The molecule has 0 spiro atoms. The lowest BCUT2D eigenvalue weighted by atomic mass is 9.85. The summed E-state index contributed by atoms with van der Waals surface area (Å²) in [5.41, 5.74) is 5.91. The fourth-order valence-corrected chi connectivity index (χ4v) is 5.91. The molecule has 1 unspecified atom stereocenters. The highest BCUT2D eigenvalue weighted by Crippen LogP contribution is 2.38. The fourth-order valence-electron chi connectivity index (χ4n) is 4.12. The van der Waals surface area contributed by atoms with Gasteiger partial charge >= 0.3 is 7.60 Å². The highest BCUT2D eigenvalue weighted by molar-refractivity contribution is 7.51. The molecule has 4 N–H and O–H groups in total. The molecule has 1 heterocycles. The predicted molar refractivity (Wildman–Crippen MR) is 116 cm³/mol. The van der Waals surface area contributed by atoms with Crippen LogP contribution >= 0.6 is 18.9 Å².